The van der Waals surface area contributed by atoms with E-state index in [1.54, 1.807) is 19.2 Å². The maximum atomic E-state index is 11.7. The average molecular weight is 254 g/mol. The number of rotatable bonds is 3. The number of hydrogen-bond donors (Lipinski definition) is 1. The van der Waals surface area contributed by atoms with Crippen LogP contribution in [0.4, 0.5) is 5.69 Å². The molecule has 0 aliphatic carbocycles. The van der Waals surface area contributed by atoms with Gasteiger partial charge in [-0.1, -0.05) is 0 Å². The maximum Gasteiger partial charge on any atom is 0.224 e. The number of ether oxygens (including phenoxy) is 1. The number of anilines is 1. The van der Waals surface area contributed by atoms with Gasteiger partial charge in [0.15, 0.2) is 5.78 Å². The molecular formula is C12H12ClNO3. The van der Waals surface area contributed by atoms with Gasteiger partial charge in [-0.2, -0.15) is 0 Å². The summed E-state index contributed by atoms with van der Waals surface area (Å²) in [6.07, 6.45) is 0.982. The molecule has 2 rings (SSSR count). The van der Waals surface area contributed by atoms with E-state index in [0.717, 1.165) is 5.56 Å². The van der Waals surface area contributed by atoms with Crippen LogP contribution in [0.1, 0.15) is 22.3 Å². The molecule has 1 aromatic carbocycles. The summed E-state index contributed by atoms with van der Waals surface area (Å²) in [5.74, 6) is 0.294. The summed E-state index contributed by atoms with van der Waals surface area (Å²) < 4.78 is 5.22. The molecule has 0 unspecified atom stereocenters. The normalized spacial score (nSPS) is 13.9. The van der Waals surface area contributed by atoms with Crippen LogP contribution in [-0.4, -0.2) is 24.7 Å². The van der Waals surface area contributed by atoms with Crippen molar-refractivity contribution in [3.05, 3.63) is 23.3 Å². The minimum atomic E-state index is -0.201. The Kier molecular flexibility index (Phi) is 3.33. The van der Waals surface area contributed by atoms with Gasteiger partial charge >= 0.3 is 0 Å². The molecule has 1 N–H and O–H groups in total. The summed E-state index contributed by atoms with van der Waals surface area (Å²) in [7, 11) is 1.56. The molecule has 0 saturated carbocycles. The van der Waals surface area contributed by atoms with Crippen LogP contribution in [0.25, 0.3) is 0 Å². The monoisotopic (exact) mass is 253 g/mol. The van der Waals surface area contributed by atoms with E-state index in [2.05, 4.69) is 5.32 Å². The van der Waals surface area contributed by atoms with Gasteiger partial charge in [0.05, 0.1) is 18.7 Å². The molecule has 0 spiro atoms. The highest BCUT2D eigenvalue weighted by Gasteiger charge is 2.23. The van der Waals surface area contributed by atoms with Gasteiger partial charge in [-0.3, -0.25) is 9.59 Å². The first-order valence-electron chi connectivity index (χ1n) is 5.26. The Hall–Kier alpha value is -1.55. The highest BCUT2D eigenvalue weighted by molar-refractivity contribution is 6.31. The number of fused-ring (bicyclic) bond motifs is 1. The van der Waals surface area contributed by atoms with Crippen LogP contribution in [0.3, 0.4) is 0 Å². The zero-order valence-electron chi connectivity index (χ0n) is 9.38. The molecule has 1 aliphatic rings. The molecule has 0 radical (unpaired) electrons. The molecule has 1 heterocycles. The Morgan fingerprint density at radius 2 is 2.24 bits per heavy atom. The Morgan fingerprint density at radius 1 is 1.47 bits per heavy atom. The smallest absolute Gasteiger partial charge is 0.224 e. The lowest BCUT2D eigenvalue weighted by atomic mass is 9.96. The zero-order chi connectivity index (χ0) is 12.4. The maximum absolute atomic E-state index is 11.7. The molecule has 0 fully saturated rings. The fourth-order valence-electron chi connectivity index (χ4n) is 1.96. The van der Waals surface area contributed by atoms with Crippen molar-refractivity contribution >= 4 is 29.0 Å². The highest BCUT2D eigenvalue weighted by Crippen LogP contribution is 2.34. The number of methoxy groups -OCH3 is 1. The van der Waals surface area contributed by atoms with E-state index in [9.17, 15) is 9.59 Å². The molecule has 1 aliphatic heterocycles. The van der Waals surface area contributed by atoms with Crippen LogP contribution in [0.2, 0.25) is 0 Å². The molecule has 1 amide bonds. The third-order valence-electron chi connectivity index (χ3n) is 2.78. The number of carbonyl (C=O) groups is 2. The number of alkyl halides is 1. The van der Waals surface area contributed by atoms with E-state index in [4.69, 9.17) is 16.3 Å². The minimum Gasteiger partial charge on any atom is -0.496 e. The van der Waals surface area contributed by atoms with Crippen molar-refractivity contribution in [2.24, 2.45) is 0 Å². The minimum absolute atomic E-state index is 0.0885. The fourth-order valence-corrected chi connectivity index (χ4v) is 2.10. The van der Waals surface area contributed by atoms with Gasteiger partial charge < -0.3 is 10.1 Å². The predicted octanol–water partition coefficient (Wildman–Crippen LogP) is 2.00. The number of halogens is 1. The van der Waals surface area contributed by atoms with Gasteiger partial charge in [0.1, 0.15) is 5.75 Å². The summed E-state index contributed by atoms with van der Waals surface area (Å²) >= 11 is 5.55. The van der Waals surface area contributed by atoms with E-state index in [-0.39, 0.29) is 17.6 Å². The highest BCUT2D eigenvalue weighted by atomic mass is 35.5. The van der Waals surface area contributed by atoms with E-state index >= 15 is 0 Å². The van der Waals surface area contributed by atoms with Gasteiger partial charge in [-0.15, -0.1) is 11.6 Å². The van der Waals surface area contributed by atoms with E-state index in [1.165, 1.54) is 0 Å². The van der Waals surface area contributed by atoms with Crippen molar-refractivity contribution in [1.29, 1.82) is 0 Å². The second-order valence-electron chi connectivity index (χ2n) is 3.77. The van der Waals surface area contributed by atoms with Crippen molar-refractivity contribution in [3.8, 4) is 5.75 Å². The van der Waals surface area contributed by atoms with E-state index < -0.39 is 0 Å². The average Bonchev–Trinajstić information content (AvgIpc) is 2.36. The summed E-state index contributed by atoms with van der Waals surface area (Å²) in [6.45, 7) is 0. The number of amides is 1. The van der Waals surface area contributed by atoms with Gasteiger partial charge in [0.2, 0.25) is 5.91 Å². The number of nitrogens with one attached hydrogen (secondary N) is 1. The molecule has 0 saturated heterocycles. The molecule has 4 nitrogen and oxygen atoms in total. The molecule has 0 atom stereocenters. The van der Waals surface area contributed by atoms with Crippen LogP contribution in [-0.2, 0) is 11.2 Å². The van der Waals surface area contributed by atoms with Crippen LogP contribution in [0.15, 0.2) is 12.1 Å². The van der Waals surface area contributed by atoms with Gasteiger partial charge in [0, 0.05) is 17.5 Å². The molecule has 90 valence electrons. The second kappa shape index (κ2) is 4.75. The zero-order valence-corrected chi connectivity index (χ0v) is 10.1. The van der Waals surface area contributed by atoms with Crippen LogP contribution in [0, 0.1) is 0 Å². The molecular weight excluding hydrogens is 242 g/mol. The largest absolute Gasteiger partial charge is 0.496 e. The SMILES string of the molecule is COc1ccc(C(=O)CCl)c2c1CCC(=O)N2. The number of carbonyl (C=O) groups excluding carboxylic acids is 2. The van der Waals surface area contributed by atoms with Crippen LogP contribution >= 0.6 is 11.6 Å². The van der Waals surface area contributed by atoms with Gasteiger partial charge in [-0.05, 0) is 18.6 Å². The number of hydrogen-bond acceptors (Lipinski definition) is 3. The van der Waals surface area contributed by atoms with Crippen molar-refractivity contribution in [1.82, 2.24) is 0 Å². The Morgan fingerprint density at radius 3 is 2.88 bits per heavy atom. The van der Waals surface area contributed by atoms with Gasteiger partial charge in [-0.25, -0.2) is 0 Å². The molecule has 1 aromatic rings. The first-order chi connectivity index (χ1) is 8.17. The van der Waals surface area contributed by atoms with Crippen molar-refractivity contribution in [2.75, 3.05) is 18.3 Å². The van der Waals surface area contributed by atoms with Crippen molar-refractivity contribution in [2.45, 2.75) is 12.8 Å². The first kappa shape index (κ1) is 11.9. The summed E-state index contributed by atoms with van der Waals surface area (Å²) in [5, 5.41) is 2.72. The third kappa shape index (κ3) is 2.13. The Bertz CT molecular complexity index is 485. The quantitative estimate of drug-likeness (QED) is 0.662. The fraction of sp³-hybridized carbons (Fsp3) is 0.333. The molecule has 5 heteroatoms. The lowest BCUT2D eigenvalue weighted by Gasteiger charge is -2.21. The van der Waals surface area contributed by atoms with Gasteiger partial charge in [0.25, 0.3) is 0 Å². The molecule has 17 heavy (non-hydrogen) atoms. The van der Waals surface area contributed by atoms with Crippen molar-refractivity contribution in [3.63, 3.8) is 0 Å². The van der Waals surface area contributed by atoms with Crippen LogP contribution < -0.4 is 10.1 Å². The summed E-state index contributed by atoms with van der Waals surface area (Å²) in [6, 6.07) is 3.37. The van der Waals surface area contributed by atoms with Crippen LogP contribution in [0.5, 0.6) is 5.75 Å². The lowest BCUT2D eigenvalue weighted by Crippen LogP contribution is -2.22. The second-order valence-corrected chi connectivity index (χ2v) is 4.04. The third-order valence-corrected chi connectivity index (χ3v) is 3.02. The predicted molar refractivity (Wildman–Crippen MR) is 65.0 cm³/mol. The standard InChI is InChI=1S/C12H12ClNO3/c1-17-10-4-2-7(9(15)6-13)12-8(10)3-5-11(16)14-12/h2,4H,3,5-6H2,1H3,(H,14,16). The topological polar surface area (TPSA) is 55.4 Å². The summed E-state index contributed by atoms with van der Waals surface area (Å²) in [5.41, 5.74) is 1.86. The molecule has 0 aromatic heterocycles. The summed E-state index contributed by atoms with van der Waals surface area (Å²) in [4.78, 5) is 23.1. The Balaban J connectivity index is 2.56. The number of benzene rings is 1. The van der Waals surface area contributed by atoms with E-state index in [1.807, 2.05) is 0 Å². The number of ketones is 1. The van der Waals surface area contributed by atoms with E-state index in [0.29, 0.717) is 29.8 Å². The van der Waals surface area contributed by atoms with Crippen molar-refractivity contribution < 1.29 is 14.3 Å². The lowest BCUT2D eigenvalue weighted by molar-refractivity contribution is -0.116. The first-order valence-corrected chi connectivity index (χ1v) is 5.79. The molecule has 0 bridgehead atoms. The Labute approximate surface area is 104 Å². The number of Topliss-reactive ketones (excluding diaryl/α,β-unsaturated/α-hetero) is 1.